The van der Waals surface area contributed by atoms with E-state index in [0.717, 1.165) is 36.1 Å². The summed E-state index contributed by atoms with van der Waals surface area (Å²) in [4.78, 5) is 9.25. The van der Waals surface area contributed by atoms with Crippen LogP contribution >= 0.6 is 24.0 Å². The van der Waals surface area contributed by atoms with Crippen LogP contribution in [-0.4, -0.2) is 82.8 Å². The minimum absolute atomic E-state index is 0. The van der Waals surface area contributed by atoms with E-state index >= 15 is 0 Å². The number of nitrogens with one attached hydrogen (secondary N) is 2. The van der Waals surface area contributed by atoms with Crippen molar-refractivity contribution in [1.82, 2.24) is 15.1 Å². The number of methoxy groups -OCH3 is 1. The van der Waals surface area contributed by atoms with E-state index in [1.807, 2.05) is 25.1 Å². The Kier molecular flexibility index (Phi) is 12.2. The summed E-state index contributed by atoms with van der Waals surface area (Å²) in [5, 5.41) is 6.69. The Hall–Kier alpha value is -1.26. The molecule has 0 amide bonds. The molecule has 1 aromatic carbocycles. The molecule has 0 atom stereocenters. The van der Waals surface area contributed by atoms with Gasteiger partial charge in [0, 0.05) is 51.5 Å². The standard InChI is InChI=1S/C20H35N5O2.HI/c1-5-27-19-16-17(8-9-18(19)26-4)23-20(21-2)22-10-6-7-11-25-14-12-24(3)13-15-25;/h8-9,16H,5-7,10-15H2,1-4H3,(H2,21,22,23);1H. The Morgan fingerprint density at radius 3 is 2.54 bits per heavy atom. The summed E-state index contributed by atoms with van der Waals surface area (Å²) in [5.41, 5.74) is 0.921. The van der Waals surface area contributed by atoms with Crippen molar-refractivity contribution in [3.05, 3.63) is 18.2 Å². The molecule has 0 aromatic heterocycles. The van der Waals surface area contributed by atoms with Crippen molar-refractivity contribution >= 4 is 35.6 Å². The molecule has 1 fully saturated rings. The number of hydrogen-bond donors (Lipinski definition) is 2. The monoisotopic (exact) mass is 505 g/mol. The molecule has 0 radical (unpaired) electrons. The molecule has 7 nitrogen and oxygen atoms in total. The number of hydrogen-bond acceptors (Lipinski definition) is 5. The van der Waals surface area contributed by atoms with Gasteiger partial charge in [-0.05, 0) is 45.5 Å². The summed E-state index contributed by atoms with van der Waals surface area (Å²) < 4.78 is 11.0. The normalized spacial score (nSPS) is 15.6. The highest BCUT2D eigenvalue weighted by Crippen LogP contribution is 2.30. The zero-order valence-corrected chi connectivity index (χ0v) is 20.0. The first kappa shape index (κ1) is 24.8. The maximum Gasteiger partial charge on any atom is 0.195 e. The van der Waals surface area contributed by atoms with Gasteiger partial charge in [0.05, 0.1) is 13.7 Å². The van der Waals surface area contributed by atoms with E-state index in [1.54, 1.807) is 14.2 Å². The number of aliphatic imine (C=N–C) groups is 1. The number of unbranched alkanes of at least 4 members (excludes halogenated alkanes) is 1. The molecule has 1 heterocycles. The molecule has 28 heavy (non-hydrogen) atoms. The number of benzene rings is 1. The largest absolute Gasteiger partial charge is 0.493 e. The minimum Gasteiger partial charge on any atom is -0.493 e. The fourth-order valence-electron chi connectivity index (χ4n) is 3.08. The highest BCUT2D eigenvalue weighted by molar-refractivity contribution is 14.0. The third-order valence-corrected chi connectivity index (χ3v) is 4.74. The second-order valence-corrected chi connectivity index (χ2v) is 6.77. The second kappa shape index (κ2) is 13.8. The zero-order chi connectivity index (χ0) is 19.5. The Morgan fingerprint density at radius 1 is 1.14 bits per heavy atom. The summed E-state index contributed by atoms with van der Waals surface area (Å²) in [7, 11) is 5.63. The van der Waals surface area contributed by atoms with Crippen molar-refractivity contribution in [2.75, 3.05) is 72.4 Å². The highest BCUT2D eigenvalue weighted by atomic mass is 127. The average Bonchev–Trinajstić information content (AvgIpc) is 2.68. The van der Waals surface area contributed by atoms with Gasteiger partial charge in [0.25, 0.3) is 0 Å². The number of ether oxygens (including phenoxy) is 2. The van der Waals surface area contributed by atoms with Gasteiger partial charge in [0.1, 0.15) is 0 Å². The van der Waals surface area contributed by atoms with Crippen molar-refractivity contribution in [3.8, 4) is 11.5 Å². The SMILES string of the molecule is CCOc1cc(NC(=NC)NCCCCN2CCN(C)CC2)ccc1OC.I. The van der Waals surface area contributed by atoms with Crippen LogP contribution in [0.1, 0.15) is 19.8 Å². The maximum atomic E-state index is 5.63. The lowest BCUT2D eigenvalue weighted by Gasteiger charge is -2.32. The topological polar surface area (TPSA) is 61.4 Å². The van der Waals surface area contributed by atoms with Crippen LogP contribution in [0.25, 0.3) is 0 Å². The zero-order valence-electron chi connectivity index (χ0n) is 17.7. The first-order valence-corrected chi connectivity index (χ1v) is 9.85. The van der Waals surface area contributed by atoms with Crippen LogP contribution in [-0.2, 0) is 0 Å². The van der Waals surface area contributed by atoms with E-state index in [4.69, 9.17) is 9.47 Å². The molecule has 2 rings (SSSR count). The predicted molar refractivity (Wildman–Crippen MR) is 128 cm³/mol. The predicted octanol–water partition coefficient (Wildman–Crippen LogP) is 2.73. The summed E-state index contributed by atoms with van der Waals surface area (Å²) in [5.74, 6) is 2.23. The van der Waals surface area contributed by atoms with Gasteiger partial charge in [-0.25, -0.2) is 0 Å². The molecule has 1 aromatic rings. The van der Waals surface area contributed by atoms with Gasteiger partial charge in [-0.1, -0.05) is 0 Å². The summed E-state index contributed by atoms with van der Waals surface area (Å²) in [6.07, 6.45) is 2.32. The molecule has 0 bridgehead atoms. The van der Waals surface area contributed by atoms with Crippen LogP contribution in [0.3, 0.4) is 0 Å². The van der Waals surface area contributed by atoms with Crippen LogP contribution in [0.5, 0.6) is 11.5 Å². The van der Waals surface area contributed by atoms with E-state index < -0.39 is 0 Å². The lowest BCUT2D eigenvalue weighted by atomic mass is 10.2. The van der Waals surface area contributed by atoms with Gasteiger partial charge in [-0.15, -0.1) is 24.0 Å². The number of anilines is 1. The van der Waals surface area contributed by atoms with Gasteiger partial charge in [-0.2, -0.15) is 0 Å². The number of nitrogens with zero attached hydrogens (tertiary/aromatic N) is 3. The molecule has 0 spiro atoms. The Balaban J connectivity index is 0.00000392. The van der Waals surface area contributed by atoms with Gasteiger partial charge in [-0.3, -0.25) is 4.99 Å². The molecular formula is C20H36IN5O2. The van der Waals surface area contributed by atoms with Crippen molar-refractivity contribution in [2.45, 2.75) is 19.8 Å². The number of piperazine rings is 1. The van der Waals surface area contributed by atoms with E-state index in [0.29, 0.717) is 6.61 Å². The first-order valence-electron chi connectivity index (χ1n) is 9.85. The molecule has 1 aliphatic heterocycles. The molecule has 0 unspecified atom stereocenters. The molecule has 1 aliphatic rings. The molecular weight excluding hydrogens is 469 g/mol. The number of likely N-dealkylation sites (N-methyl/N-ethyl adjacent to an activating group) is 1. The van der Waals surface area contributed by atoms with Crippen LogP contribution in [0.2, 0.25) is 0 Å². The van der Waals surface area contributed by atoms with Crippen molar-refractivity contribution in [3.63, 3.8) is 0 Å². The van der Waals surface area contributed by atoms with E-state index in [2.05, 4.69) is 32.5 Å². The Morgan fingerprint density at radius 2 is 1.89 bits per heavy atom. The number of halogens is 1. The van der Waals surface area contributed by atoms with Gasteiger partial charge in [0.15, 0.2) is 17.5 Å². The number of rotatable bonds is 9. The van der Waals surface area contributed by atoms with Gasteiger partial charge >= 0.3 is 0 Å². The van der Waals surface area contributed by atoms with Crippen LogP contribution in [0, 0.1) is 0 Å². The van der Waals surface area contributed by atoms with E-state index in [1.165, 1.54) is 39.1 Å². The Labute approximate surface area is 186 Å². The lowest BCUT2D eigenvalue weighted by Crippen LogP contribution is -2.44. The minimum atomic E-state index is 0. The summed E-state index contributed by atoms with van der Waals surface area (Å²) >= 11 is 0. The molecule has 8 heteroatoms. The summed E-state index contributed by atoms with van der Waals surface area (Å²) in [6.45, 7) is 9.38. The van der Waals surface area contributed by atoms with Crippen LogP contribution in [0.15, 0.2) is 23.2 Å². The molecule has 1 saturated heterocycles. The van der Waals surface area contributed by atoms with Crippen molar-refractivity contribution in [1.29, 1.82) is 0 Å². The van der Waals surface area contributed by atoms with E-state index in [-0.39, 0.29) is 24.0 Å². The fraction of sp³-hybridized carbons (Fsp3) is 0.650. The lowest BCUT2D eigenvalue weighted by molar-refractivity contribution is 0.152. The Bertz CT molecular complexity index is 592. The van der Waals surface area contributed by atoms with Crippen molar-refractivity contribution in [2.24, 2.45) is 4.99 Å². The fourth-order valence-corrected chi connectivity index (χ4v) is 3.08. The average molecular weight is 505 g/mol. The van der Waals surface area contributed by atoms with Crippen molar-refractivity contribution < 1.29 is 9.47 Å². The van der Waals surface area contributed by atoms with Crippen LogP contribution in [0.4, 0.5) is 5.69 Å². The van der Waals surface area contributed by atoms with Crippen LogP contribution < -0.4 is 20.1 Å². The second-order valence-electron chi connectivity index (χ2n) is 6.77. The molecule has 2 N–H and O–H groups in total. The first-order chi connectivity index (χ1) is 13.2. The summed E-state index contributed by atoms with van der Waals surface area (Å²) in [6, 6.07) is 5.79. The van der Waals surface area contributed by atoms with Gasteiger partial charge < -0.3 is 29.9 Å². The third-order valence-electron chi connectivity index (χ3n) is 4.74. The van der Waals surface area contributed by atoms with Gasteiger partial charge in [0.2, 0.25) is 0 Å². The number of guanidine groups is 1. The highest BCUT2D eigenvalue weighted by Gasteiger charge is 2.12. The smallest absolute Gasteiger partial charge is 0.195 e. The third kappa shape index (κ3) is 8.40. The van der Waals surface area contributed by atoms with E-state index in [9.17, 15) is 0 Å². The molecule has 160 valence electrons. The molecule has 0 aliphatic carbocycles. The maximum absolute atomic E-state index is 5.63. The molecule has 0 saturated carbocycles. The quantitative estimate of drug-likeness (QED) is 0.233.